The molecule has 0 aliphatic heterocycles. The molecule has 2 aromatic rings. The maximum atomic E-state index is 5.64. The molecule has 0 aromatic heterocycles. The molecule has 0 saturated heterocycles. The van der Waals surface area contributed by atoms with Crippen molar-refractivity contribution in [1.82, 2.24) is 0 Å². The standard InChI is InChI=1S/C20H26O/c1-6-15-11-12-18(19(13-15)20(3,4)5)16-9-8-10-17(14-16)21-7-2/h8-14H,6-7H2,1-5H3. The van der Waals surface area contributed by atoms with Crippen LogP contribution in [-0.4, -0.2) is 6.61 Å². The molecule has 112 valence electrons. The van der Waals surface area contributed by atoms with E-state index in [4.69, 9.17) is 4.74 Å². The van der Waals surface area contributed by atoms with Crippen LogP contribution in [0.5, 0.6) is 5.75 Å². The third kappa shape index (κ3) is 3.66. The maximum Gasteiger partial charge on any atom is 0.119 e. The molecule has 0 spiro atoms. The van der Waals surface area contributed by atoms with Crippen LogP contribution in [0.25, 0.3) is 11.1 Å². The first-order valence-electron chi connectivity index (χ1n) is 7.82. The van der Waals surface area contributed by atoms with Gasteiger partial charge in [-0.1, -0.05) is 58.0 Å². The van der Waals surface area contributed by atoms with E-state index in [0.29, 0.717) is 6.61 Å². The summed E-state index contributed by atoms with van der Waals surface area (Å²) in [6, 6.07) is 15.2. The van der Waals surface area contributed by atoms with E-state index in [1.807, 2.05) is 13.0 Å². The van der Waals surface area contributed by atoms with Crippen LogP contribution in [0, 0.1) is 0 Å². The highest BCUT2D eigenvalue weighted by Gasteiger charge is 2.19. The zero-order chi connectivity index (χ0) is 15.5. The van der Waals surface area contributed by atoms with E-state index >= 15 is 0 Å². The van der Waals surface area contributed by atoms with E-state index in [1.54, 1.807) is 0 Å². The first-order valence-corrected chi connectivity index (χ1v) is 7.82. The molecular formula is C20H26O. The smallest absolute Gasteiger partial charge is 0.119 e. The Bertz CT molecular complexity index is 605. The topological polar surface area (TPSA) is 9.23 Å². The van der Waals surface area contributed by atoms with Gasteiger partial charge >= 0.3 is 0 Å². The fourth-order valence-electron chi connectivity index (χ4n) is 2.60. The first kappa shape index (κ1) is 15.6. The number of benzene rings is 2. The second-order valence-electron chi connectivity index (χ2n) is 6.44. The van der Waals surface area contributed by atoms with Crippen LogP contribution < -0.4 is 4.74 Å². The van der Waals surface area contributed by atoms with E-state index in [-0.39, 0.29) is 5.41 Å². The van der Waals surface area contributed by atoms with Crippen LogP contribution in [0.1, 0.15) is 45.7 Å². The molecule has 1 nitrogen and oxygen atoms in total. The van der Waals surface area contributed by atoms with Gasteiger partial charge in [0.05, 0.1) is 6.61 Å². The van der Waals surface area contributed by atoms with Gasteiger partial charge in [-0.05, 0) is 53.1 Å². The fourth-order valence-corrected chi connectivity index (χ4v) is 2.60. The highest BCUT2D eigenvalue weighted by Crippen LogP contribution is 2.35. The molecular weight excluding hydrogens is 256 g/mol. The van der Waals surface area contributed by atoms with Crippen LogP contribution in [-0.2, 0) is 11.8 Å². The minimum atomic E-state index is 0.127. The largest absolute Gasteiger partial charge is 0.494 e. The average Bonchev–Trinajstić information content (AvgIpc) is 2.46. The first-order chi connectivity index (χ1) is 9.95. The molecule has 0 aliphatic carbocycles. The second-order valence-corrected chi connectivity index (χ2v) is 6.44. The number of rotatable bonds is 4. The summed E-state index contributed by atoms with van der Waals surface area (Å²) < 4.78 is 5.64. The number of hydrogen-bond donors (Lipinski definition) is 0. The molecule has 2 aromatic carbocycles. The van der Waals surface area contributed by atoms with Crippen molar-refractivity contribution in [2.45, 2.75) is 46.5 Å². The normalized spacial score (nSPS) is 11.5. The summed E-state index contributed by atoms with van der Waals surface area (Å²) in [6.07, 6.45) is 1.07. The summed E-state index contributed by atoms with van der Waals surface area (Å²) >= 11 is 0. The third-order valence-corrected chi connectivity index (χ3v) is 3.76. The molecule has 0 atom stereocenters. The lowest BCUT2D eigenvalue weighted by atomic mass is 9.80. The molecule has 0 bridgehead atoms. The van der Waals surface area contributed by atoms with Crippen molar-refractivity contribution in [2.24, 2.45) is 0 Å². The fraction of sp³-hybridized carbons (Fsp3) is 0.400. The Morgan fingerprint density at radius 3 is 2.33 bits per heavy atom. The molecule has 0 radical (unpaired) electrons. The van der Waals surface area contributed by atoms with Crippen LogP contribution in [0.15, 0.2) is 42.5 Å². The third-order valence-electron chi connectivity index (χ3n) is 3.76. The van der Waals surface area contributed by atoms with Crippen molar-refractivity contribution in [1.29, 1.82) is 0 Å². The summed E-state index contributed by atoms with van der Waals surface area (Å²) in [7, 11) is 0. The van der Waals surface area contributed by atoms with E-state index < -0.39 is 0 Å². The van der Waals surface area contributed by atoms with Crippen molar-refractivity contribution in [3.8, 4) is 16.9 Å². The Kier molecular flexibility index (Phi) is 4.72. The summed E-state index contributed by atoms with van der Waals surface area (Å²) in [5, 5.41) is 0. The van der Waals surface area contributed by atoms with Crippen molar-refractivity contribution in [3.05, 3.63) is 53.6 Å². The number of hydrogen-bond acceptors (Lipinski definition) is 1. The van der Waals surface area contributed by atoms with Gasteiger partial charge in [0.2, 0.25) is 0 Å². The van der Waals surface area contributed by atoms with Gasteiger partial charge in [0, 0.05) is 0 Å². The van der Waals surface area contributed by atoms with Gasteiger partial charge in [-0.25, -0.2) is 0 Å². The lowest BCUT2D eigenvalue weighted by Crippen LogP contribution is -2.13. The molecule has 1 heteroatoms. The van der Waals surface area contributed by atoms with Gasteiger partial charge < -0.3 is 4.74 Å². The highest BCUT2D eigenvalue weighted by atomic mass is 16.5. The zero-order valence-corrected chi connectivity index (χ0v) is 13.9. The molecule has 0 N–H and O–H groups in total. The van der Waals surface area contributed by atoms with Crippen LogP contribution in [0.2, 0.25) is 0 Å². The Labute approximate surface area is 129 Å². The summed E-state index contributed by atoms with van der Waals surface area (Å²) in [5.41, 5.74) is 5.46. The predicted octanol–water partition coefficient (Wildman–Crippen LogP) is 5.61. The molecule has 2 rings (SSSR count). The SMILES string of the molecule is CCOc1cccc(-c2ccc(CC)cc2C(C)(C)C)c1. The lowest BCUT2D eigenvalue weighted by molar-refractivity contribution is 0.340. The van der Waals surface area contributed by atoms with Crippen molar-refractivity contribution >= 4 is 0 Å². The maximum absolute atomic E-state index is 5.64. The molecule has 0 fully saturated rings. The van der Waals surface area contributed by atoms with Crippen molar-refractivity contribution < 1.29 is 4.74 Å². The minimum Gasteiger partial charge on any atom is -0.494 e. The molecule has 0 amide bonds. The van der Waals surface area contributed by atoms with Crippen molar-refractivity contribution in [2.75, 3.05) is 6.61 Å². The molecule has 0 unspecified atom stereocenters. The summed E-state index contributed by atoms with van der Waals surface area (Å²) in [6.45, 7) is 11.7. The zero-order valence-electron chi connectivity index (χ0n) is 13.9. The summed E-state index contributed by atoms with van der Waals surface area (Å²) in [4.78, 5) is 0. The minimum absolute atomic E-state index is 0.127. The lowest BCUT2D eigenvalue weighted by Gasteiger charge is -2.24. The van der Waals surface area contributed by atoms with Crippen LogP contribution in [0.3, 0.4) is 0 Å². The van der Waals surface area contributed by atoms with E-state index in [9.17, 15) is 0 Å². The molecule has 21 heavy (non-hydrogen) atoms. The predicted molar refractivity (Wildman–Crippen MR) is 91.1 cm³/mol. The van der Waals surface area contributed by atoms with Gasteiger partial charge in [-0.3, -0.25) is 0 Å². The number of aryl methyl sites for hydroxylation is 1. The monoisotopic (exact) mass is 282 g/mol. The second kappa shape index (κ2) is 6.34. The van der Waals surface area contributed by atoms with Gasteiger partial charge in [0.25, 0.3) is 0 Å². The molecule has 0 saturated carbocycles. The molecule has 0 heterocycles. The Morgan fingerprint density at radius 2 is 1.71 bits per heavy atom. The van der Waals surface area contributed by atoms with E-state index in [0.717, 1.165) is 12.2 Å². The Balaban J connectivity index is 2.55. The van der Waals surface area contributed by atoms with Gasteiger partial charge in [0.15, 0.2) is 0 Å². The highest BCUT2D eigenvalue weighted by molar-refractivity contribution is 5.70. The molecule has 0 aliphatic rings. The van der Waals surface area contributed by atoms with Gasteiger partial charge in [-0.2, -0.15) is 0 Å². The van der Waals surface area contributed by atoms with Crippen LogP contribution >= 0.6 is 0 Å². The van der Waals surface area contributed by atoms with Gasteiger partial charge in [0.1, 0.15) is 5.75 Å². The Morgan fingerprint density at radius 1 is 0.952 bits per heavy atom. The van der Waals surface area contributed by atoms with Crippen LogP contribution in [0.4, 0.5) is 0 Å². The number of ether oxygens (including phenoxy) is 1. The quantitative estimate of drug-likeness (QED) is 0.708. The Hall–Kier alpha value is -1.76. The average molecular weight is 282 g/mol. The van der Waals surface area contributed by atoms with Gasteiger partial charge in [-0.15, -0.1) is 0 Å². The van der Waals surface area contributed by atoms with E-state index in [1.165, 1.54) is 22.3 Å². The summed E-state index contributed by atoms with van der Waals surface area (Å²) in [5.74, 6) is 0.939. The van der Waals surface area contributed by atoms with Crippen molar-refractivity contribution in [3.63, 3.8) is 0 Å². The van der Waals surface area contributed by atoms with E-state index in [2.05, 4.69) is 64.1 Å².